The summed E-state index contributed by atoms with van der Waals surface area (Å²) in [5, 5.41) is 3.11. The first-order chi connectivity index (χ1) is 9.41. The highest BCUT2D eigenvalue weighted by Gasteiger charge is 2.35. The SMILES string of the molecule is CNCC1CCCN(c2cc(Br)ccc2C(F)(F)F)C1. The predicted octanol–water partition coefficient (Wildman–Crippen LogP) is 3.90. The van der Waals surface area contributed by atoms with Gasteiger partial charge in [0, 0.05) is 17.6 Å². The van der Waals surface area contributed by atoms with Gasteiger partial charge in [-0.1, -0.05) is 15.9 Å². The van der Waals surface area contributed by atoms with Gasteiger partial charge in [-0.3, -0.25) is 0 Å². The van der Waals surface area contributed by atoms with Gasteiger partial charge in [-0.05, 0) is 50.6 Å². The van der Waals surface area contributed by atoms with Crippen molar-refractivity contribution in [1.82, 2.24) is 5.32 Å². The van der Waals surface area contributed by atoms with Crippen LogP contribution in [0.25, 0.3) is 0 Å². The number of piperidine rings is 1. The Labute approximate surface area is 125 Å². The van der Waals surface area contributed by atoms with Crippen molar-refractivity contribution >= 4 is 21.6 Å². The minimum Gasteiger partial charge on any atom is -0.371 e. The number of nitrogens with zero attached hydrogens (tertiary/aromatic N) is 1. The van der Waals surface area contributed by atoms with Crippen LogP contribution in [0.1, 0.15) is 18.4 Å². The molecule has 1 unspecified atom stereocenters. The first-order valence-electron chi connectivity index (χ1n) is 6.68. The topological polar surface area (TPSA) is 15.3 Å². The van der Waals surface area contributed by atoms with E-state index in [9.17, 15) is 13.2 Å². The average molecular weight is 351 g/mol. The van der Waals surface area contributed by atoms with Crippen molar-refractivity contribution < 1.29 is 13.2 Å². The molecule has 1 aliphatic rings. The third kappa shape index (κ3) is 3.67. The number of anilines is 1. The number of benzene rings is 1. The molecule has 1 saturated heterocycles. The van der Waals surface area contributed by atoms with Crippen LogP contribution in [-0.2, 0) is 6.18 Å². The largest absolute Gasteiger partial charge is 0.418 e. The standard InChI is InChI=1S/C14H18BrF3N2/c1-19-8-10-3-2-6-20(9-10)13-7-11(15)4-5-12(13)14(16,17)18/h4-5,7,10,19H,2-3,6,8-9H2,1H3. The van der Waals surface area contributed by atoms with Gasteiger partial charge in [0.2, 0.25) is 0 Å². The van der Waals surface area contributed by atoms with E-state index in [1.165, 1.54) is 6.07 Å². The summed E-state index contributed by atoms with van der Waals surface area (Å²) in [5.74, 6) is 0.397. The van der Waals surface area contributed by atoms with Crippen molar-refractivity contribution in [2.24, 2.45) is 5.92 Å². The van der Waals surface area contributed by atoms with Crippen LogP contribution in [0.15, 0.2) is 22.7 Å². The lowest BCUT2D eigenvalue weighted by Crippen LogP contribution is -2.39. The van der Waals surface area contributed by atoms with Gasteiger partial charge >= 0.3 is 6.18 Å². The number of hydrogen-bond acceptors (Lipinski definition) is 2. The summed E-state index contributed by atoms with van der Waals surface area (Å²) in [6, 6.07) is 4.17. The second kappa shape index (κ2) is 6.35. The molecule has 1 heterocycles. The highest BCUT2D eigenvalue weighted by molar-refractivity contribution is 9.10. The maximum atomic E-state index is 13.1. The molecule has 0 saturated carbocycles. The predicted molar refractivity (Wildman–Crippen MR) is 78.0 cm³/mol. The Kier molecular flexibility index (Phi) is 4.96. The van der Waals surface area contributed by atoms with Gasteiger partial charge in [0.15, 0.2) is 0 Å². The Hall–Kier alpha value is -0.750. The van der Waals surface area contributed by atoms with Gasteiger partial charge in [-0.2, -0.15) is 13.2 Å². The van der Waals surface area contributed by atoms with E-state index >= 15 is 0 Å². The number of alkyl halides is 3. The van der Waals surface area contributed by atoms with E-state index in [1.54, 1.807) is 6.07 Å². The summed E-state index contributed by atoms with van der Waals surface area (Å²) in [5.41, 5.74) is -0.265. The van der Waals surface area contributed by atoms with E-state index in [4.69, 9.17) is 0 Å². The number of rotatable bonds is 3. The molecular formula is C14H18BrF3N2. The number of hydrogen-bond donors (Lipinski definition) is 1. The molecule has 0 aromatic heterocycles. The quantitative estimate of drug-likeness (QED) is 0.889. The molecule has 0 radical (unpaired) electrons. The number of nitrogens with one attached hydrogen (secondary N) is 1. The fourth-order valence-corrected chi connectivity index (χ4v) is 3.09. The summed E-state index contributed by atoms with van der Waals surface area (Å²) >= 11 is 3.27. The highest BCUT2D eigenvalue weighted by atomic mass is 79.9. The van der Waals surface area contributed by atoms with Crippen molar-refractivity contribution in [3.8, 4) is 0 Å². The Morgan fingerprint density at radius 2 is 2.15 bits per heavy atom. The van der Waals surface area contributed by atoms with Gasteiger partial charge in [0.25, 0.3) is 0 Å². The van der Waals surface area contributed by atoms with Gasteiger partial charge in [0.05, 0.1) is 11.3 Å². The maximum Gasteiger partial charge on any atom is 0.418 e. The average Bonchev–Trinajstić information content (AvgIpc) is 2.38. The molecule has 1 aromatic rings. The van der Waals surface area contributed by atoms with Crippen LogP contribution in [0.4, 0.5) is 18.9 Å². The molecule has 2 nitrogen and oxygen atoms in total. The van der Waals surface area contributed by atoms with Crippen molar-refractivity contribution in [3.05, 3.63) is 28.2 Å². The first kappa shape index (κ1) is 15.6. The molecule has 0 bridgehead atoms. The zero-order valence-electron chi connectivity index (χ0n) is 11.3. The molecule has 0 aliphatic carbocycles. The summed E-state index contributed by atoms with van der Waals surface area (Å²) in [4.78, 5) is 1.86. The fourth-order valence-electron chi connectivity index (χ4n) is 2.75. The molecular weight excluding hydrogens is 333 g/mol. The van der Waals surface area contributed by atoms with E-state index < -0.39 is 11.7 Å². The maximum absolute atomic E-state index is 13.1. The number of halogens is 4. The van der Waals surface area contributed by atoms with Gasteiger partial charge in [-0.25, -0.2) is 0 Å². The van der Waals surface area contributed by atoms with Crippen LogP contribution in [0, 0.1) is 5.92 Å². The zero-order valence-corrected chi connectivity index (χ0v) is 12.9. The summed E-state index contributed by atoms with van der Waals surface area (Å²) in [7, 11) is 1.87. The van der Waals surface area contributed by atoms with Crippen LogP contribution < -0.4 is 10.2 Å². The van der Waals surface area contributed by atoms with E-state index in [1.807, 2.05) is 11.9 Å². The molecule has 112 valence electrons. The van der Waals surface area contributed by atoms with E-state index in [-0.39, 0.29) is 5.69 Å². The van der Waals surface area contributed by atoms with E-state index in [2.05, 4.69) is 21.2 Å². The third-order valence-corrected chi connectivity index (χ3v) is 4.11. The fraction of sp³-hybridized carbons (Fsp3) is 0.571. The second-order valence-corrected chi connectivity index (χ2v) is 6.09. The molecule has 1 atom stereocenters. The highest BCUT2D eigenvalue weighted by Crippen LogP contribution is 2.39. The smallest absolute Gasteiger partial charge is 0.371 e. The lowest BCUT2D eigenvalue weighted by molar-refractivity contribution is -0.137. The lowest BCUT2D eigenvalue weighted by atomic mass is 9.96. The Morgan fingerprint density at radius 3 is 2.80 bits per heavy atom. The molecule has 6 heteroatoms. The molecule has 2 rings (SSSR count). The lowest BCUT2D eigenvalue weighted by Gasteiger charge is -2.36. The zero-order chi connectivity index (χ0) is 14.8. The van der Waals surface area contributed by atoms with Crippen LogP contribution in [0.2, 0.25) is 0 Å². The van der Waals surface area contributed by atoms with Crippen molar-refractivity contribution in [1.29, 1.82) is 0 Å². The van der Waals surface area contributed by atoms with Crippen LogP contribution in [0.3, 0.4) is 0 Å². The molecule has 1 fully saturated rings. The minimum atomic E-state index is -4.31. The van der Waals surface area contributed by atoms with Crippen LogP contribution >= 0.6 is 15.9 Å². The molecule has 20 heavy (non-hydrogen) atoms. The Balaban J connectivity index is 2.29. The Bertz CT molecular complexity index is 460. The molecule has 0 amide bonds. The van der Waals surface area contributed by atoms with Crippen LogP contribution in [0.5, 0.6) is 0 Å². The van der Waals surface area contributed by atoms with Crippen molar-refractivity contribution in [2.45, 2.75) is 19.0 Å². The molecule has 0 spiro atoms. The summed E-state index contributed by atoms with van der Waals surface area (Å²) in [6.45, 7) is 2.19. The molecule has 1 aliphatic heterocycles. The molecule has 1 N–H and O–H groups in total. The Morgan fingerprint density at radius 1 is 1.40 bits per heavy atom. The monoisotopic (exact) mass is 350 g/mol. The van der Waals surface area contributed by atoms with Gasteiger partial charge in [0.1, 0.15) is 0 Å². The van der Waals surface area contributed by atoms with Crippen LogP contribution in [-0.4, -0.2) is 26.7 Å². The van der Waals surface area contributed by atoms with Gasteiger partial charge in [-0.15, -0.1) is 0 Å². The summed E-state index contributed by atoms with van der Waals surface area (Å²) < 4.78 is 40.1. The third-order valence-electron chi connectivity index (χ3n) is 3.62. The van der Waals surface area contributed by atoms with E-state index in [0.29, 0.717) is 23.5 Å². The first-order valence-corrected chi connectivity index (χ1v) is 7.47. The normalized spacial score (nSPS) is 20.2. The minimum absolute atomic E-state index is 0.285. The van der Waals surface area contributed by atoms with E-state index in [0.717, 1.165) is 25.5 Å². The summed E-state index contributed by atoms with van der Waals surface area (Å²) in [6.07, 6.45) is -2.32. The van der Waals surface area contributed by atoms with Gasteiger partial charge < -0.3 is 10.2 Å². The van der Waals surface area contributed by atoms with Crippen molar-refractivity contribution in [2.75, 3.05) is 31.6 Å². The van der Waals surface area contributed by atoms with Crippen molar-refractivity contribution in [3.63, 3.8) is 0 Å². The second-order valence-electron chi connectivity index (χ2n) is 5.17. The molecule has 1 aromatic carbocycles.